The van der Waals surface area contributed by atoms with Gasteiger partial charge in [-0.15, -0.1) is 0 Å². The molecule has 1 aliphatic heterocycles. The minimum atomic E-state index is -0.815. The second-order valence-electron chi connectivity index (χ2n) is 6.13. The highest BCUT2D eigenvalue weighted by atomic mass is 16.4. The molecule has 0 radical (unpaired) electrons. The van der Waals surface area contributed by atoms with Crippen LogP contribution in [-0.4, -0.2) is 35.0 Å². The average molecular weight is 289 g/mol. The summed E-state index contributed by atoms with van der Waals surface area (Å²) in [5.74, 6) is -0.912. The Morgan fingerprint density at radius 1 is 1.33 bits per heavy atom. The number of benzene rings is 1. The largest absolute Gasteiger partial charge is 0.481 e. The molecule has 1 amide bonds. The van der Waals surface area contributed by atoms with Crippen LogP contribution in [0.15, 0.2) is 30.3 Å². The molecule has 1 fully saturated rings. The number of carbonyl (C=O) groups excluding carboxylic acids is 1. The van der Waals surface area contributed by atoms with Crippen LogP contribution in [0.2, 0.25) is 0 Å². The predicted octanol–water partition coefficient (Wildman–Crippen LogP) is 2.89. The molecule has 1 N–H and O–H groups in total. The van der Waals surface area contributed by atoms with Crippen LogP contribution in [0.1, 0.15) is 44.6 Å². The molecule has 2 rings (SSSR count). The fraction of sp³-hybridized carbons (Fsp3) is 0.529. The van der Waals surface area contributed by atoms with Gasteiger partial charge >= 0.3 is 5.97 Å². The Kier molecular flexibility index (Phi) is 4.66. The Morgan fingerprint density at radius 3 is 2.52 bits per heavy atom. The molecule has 0 bridgehead atoms. The van der Waals surface area contributed by atoms with Crippen molar-refractivity contribution in [3.63, 3.8) is 0 Å². The van der Waals surface area contributed by atoms with E-state index in [2.05, 4.69) is 6.92 Å². The third-order valence-electron chi connectivity index (χ3n) is 4.38. The number of carbonyl (C=O) groups is 2. The van der Waals surface area contributed by atoms with Crippen molar-refractivity contribution in [1.29, 1.82) is 0 Å². The first kappa shape index (κ1) is 15.5. The first-order valence-corrected chi connectivity index (χ1v) is 7.55. The normalized spacial score (nSPS) is 23.0. The first-order chi connectivity index (χ1) is 9.98. The van der Waals surface area contributed by atoms with E-state index in [0.29, 0.717) is 19.5 Å². The summed E-state index contributed by atoms with van der Waals surface area (Å²) in [6, 6.07) is 9.77. The summed E-state index contributed by atoms with van der Waals surface area (Å²) in [4.78, 5) is 25.8. The molecular formula is C17H23NO3. The smallest absolute Gasteiger partial charge is 0.311 e. The quantitative estimate of drug-likeness (QED) is 0.906. The SMILES string of the molecule is CCC[C@H](C(=O)N1CC[C@@](C)(C(=O)O)C1)c1ccccc1. The van der Waals surface area contributed by atoms with Crippen LogP contribution >= 0.6 is 0 Å². The third-order valence-corrected chi connectivity index (χ3v) is 4.38. The average Bonchev–Trinajstić information content (AvgIpc) is 2.89. The van der Waals surface area contributed by atoms with Gasteiger partial charge in [0, 0.05) is 13.1 Å². The number of amides is 1. The summed E-state index contributed by atoms with van der Waals surface area (Å²) < 4.78 is 0. The van der Waals surface area contributed by atoms with E-state index in [-0.39, 0.29) is 11.8 Å². The molecule has 0 unspecified atom stereocenters. The second-order valence-corrected chi connectivity index (χ2v) is 6.13. The van der Waals surface area contributed by atoms with Gasteiger partial charge in [-0.25, -0.2) is 0 Å². The van der Waals surface area contributed by atoms with Crippen molar-refractivity contribution in [2.75, 3.05) is 13.1 Å². The summed E-state index contributed by atoms with van der Waals surface area (Å²) in [6.07, 6.45) is 2.25. The summed E-state index contributed by atoms with van der Waals surface area (Å²) in [7, 11) is 0. The van der Waals surface area contributed by atoms with E-state index in [9.17, 15) is 14.7 Å². The molecule has 0 spiro atoms. The van der Waals surface area contributed by atoms with Crippen LogP contribution in [0, 0.1) is 5.41 Å². The highest BCUT2D eigenvalue weighted by Gasteiger charge is 2.43. The molecule has 1 aromatic rings. The third kappa shape index (κ3) is 3.26. The first-order valence-electron chi connectivity index (χ1n) is 7.55. The summed E-state index contributed by atoms with van der Waals surface area (Å²) in [5.41, 5.74) is 0.219. The maximum absolute atomic E-state index is 12.8. The Hall–Kier alpha value is -1.84. The summed E-state index contributed by atoms with van der Waals surface area (Å²) in [6.45, 7) is 4.64. The standard InChI is InChI=1S/C17H23NO3/c1-3-7-14(13-8-5-4-6-9-13)15(19)18-11-10-17(2,12-18)16(20)21/h4-6,8-9,14H,3,7,10-12H2,1-2H3,(H,20,21)/t14-,17+/m0/s1. The molecule has 21 heavy (non-hydrogen) atoms. The van der Waals surface area contributed by atoms with Gasteiger partial charge in [0.15, 0.2) is 0 Å². The van der Waals surface area contributed by atoms with Gasteiger partial charge in [0.05, 0.1) is 11.3 Å². The van der Waals surface area contributed by atoms with E-state index in [4.69, 9.17) is 0 Å². The molecule has 2 atom stereocenters. The lowest BCUT2D eigenvalue weighted by Crippen LogP contribution is -2.37. The topological polar surface area (TPSA) is 57.6 Å². The van der Waals surface area contributed by atoms with Crippen molar-refractivity contribution in [3.8, 4) is 0 Å². The van der Waals surface area contributed by atoms with Gasteiger partial charge in [-0.2, -0.15) is 0 Å². The molecule has 0 aliphatic carbocycles. The number of rotatable bonds is 5. The highest BCUT2D eigenvalue weighted by Crippen LogP contribution is 2.33. The number of aliphatic carboxylic acids is 1. The summed E-state index contributed by atoms with van der Waals surface area (Å²) in [5, 5.41) is 9.29. The molecular weight excluding hydrogens is 266 g/mol. The lowest BCUT2D eigenvalue weighted by molar-refractivity contribution is -0.147. The van der Waals surface area contributed by atoms with Crippen LogP contribution in [0.3, 0.4) is 0 Å². The number of likely N-dealkylation sites (tertiary alicyclic amines) is 1. The van der Waals surface area contributed by atoms with Crippen molar-refractivity contribution < 1.29 is 14.7 Å². The molecule has 0 saturated carbocycles. The lowest BCUT2D eigenvalue weighted by Gasteiger charge is -2.25. The van der Waals surface area contributed by atoms with Crippen molar-refractivity contribution in [1.82, 2.24) is 4.90 Å². The Morgan fingerprint density at radius 2 is 2.00 bits per heavy atom. The maximum Gasteiger partial charge on any atom is 0.311 e. The highest BCUT2D eigenvalue weighted by molar-refractivity contribution is 5.85. The molecule has 1 aromatic carbocycles. The lowest BCUT2D eigenvalue weighted by atomic mass is 9.90. The van der Waals surface area contributed by atoms with Crippen molar-refractivity contribution in [3.05, 3.63) is 35.9 Å². The number of hydrogen-bond donors (Lipinski definition) is 1. The van der Waals surface area contributed by atoms with Gasteiger partial charge in [-0.3, -0.25) is 9.59 Å². The van der Waals surface area contributed by atoms with Gasteiger partial charge in [-0.1, -0.05) is 43.7 Å². The zero-order chi connectivity index (χ0) is 15.5. The Bertz CT molecular complexity index is 514. The monoisotopic (exact) mass is 289 g/mol. The second kappa shape index (κ2) is 6.29. The van der Waals surface area contributed by atoms with Gasteiger partial charge < -0.3 is 10.0 Å². The van der Waals surface area contributed by atoms with E-state index in [1.165, 1.54) is 0 Å². The molecule has 0 aromatic heterocycles. The van der Waals surface area contributed by atoms with Crippen LogP contribution < -0.4 is 0 Å². The van der Waals surface area contributed by atoms with Crippen LogP contribution in [-0.2, 0) is 9.59 Å². The molecule has 4 nitrogen and oxygen atoms in total. The van der Waals surface area contributed by atoms with Crippen molar-refractivity contribution in [2.24, 2.45) is 5.41 Å². The van der Waals surface area contributed by atoms with Gasteiger partial charge in [0.25, 0.3) is 0 Å². The zero-order valence-electron chi connectivity index (χ0n) is 12.7. The van der Waals surface area contributed by atoms with Gasteiger partial charge in [0.2, 0.25) is 5.91 Å². The van der Waals surface area contributed by atoms with Crippen LogP contribution in [0.25, 0.3) is 0 Å². The van der Waals surface area contributed by atoms with E-state index in [0.717, 1.165) is 18.4 Å². The van der Waals surface area contributed by atoms with Gasteiger partial charge in [-0.05, 0) is 25.3 Å². The van der Waals surface area contributed by atoms with E-state index < -0.39 is 11.4 Å². The zero-order valence-corrected chi connectivity index (χ0v) is 12.7. The fourth-order valence-electron chi connectivity index (χ4n) is 2.95. The molecule has 4 heteroatoms. The molecule has 1 aliphatic rings. The predicted molar refractivity (Wildman–Crippen MR) is 81.0 cm³/mol. The molecule has 1 heterocycles. The van der Waals surface area contributed by atoms with E-state index in [1.807, 2.05) is 30.3 Å². The Labute approximate surface area is 125 Å². The maximum atomic E-state index is 12.8. The van der Waals surface area contributed by atoms with E-state index in [1.54, 1.807) is 11.8 Å². The van der Waals surface area contributed by atoms with Crippen LogP contribution in [0.5, 0.6) is 0 Å². The van der Waals surface area contributed by atoms with Crippen LogP contribution in [0.4, 0.5) is 0 Å². The van der Waals surface area contributed by atoms with Crippen molar-refractivity contribution >= 4 is 11.9 Å². The van der Waals surface area contributed by atoms with Crippen molar-refractivity contribution in [2.45, 2.75) is 39.0 Å². The minimum Gasteiger partial charge on any atom is -0.481 e. The molecule has 114 valence electrons. The minimum absolute atomic E-state index is 0.0630. The number of carboxylic acid groups (broad SMARTS) is 1. The fourth-order valence-corrected chi connectivity index (χ4v) is 2.95. The number of hydrogen-bond acceptors (Lipinski definition) is 2. The number of carboxylic acids is 1. The van der Waals surface area contributed by atoms with Gasteiger partial charge in [0.1, 0.15) is 0 Å². The summed E-state index contributed by atoms with van der Waals surface area (Å²) >= 11 is 0. The van der Waals surface area contributed by atoms with E-state index >= 15 is 0 Å². The Balaban J connectivity index is 2.15. The molecule has 1 saturated heterocycles. The number of nitrogens with zero attached hydrogens (tertiary/aromatic N) is 1.